The topological polar surface area (TPSA) is 465 Å². The highest BCUT2D eigenvalue weighted by molar-refractivity contribution is 7.16. The predicted octanol–water partition coefficient (Wildman–Crippen LogP) is 21.2. The minimum absolute atomic E-state index is 0.0568. The summed E-state index contributed by atoms with van der Waals surface area (Å²) in [6.07, 6.45) is 28.0. The van der Waals surface area contributed by atoms with E-state index in [0.29, 0.717) is 86.3 Å². The van der Waals surface area contributed by atoms with Crippen molar-refractivity contribution in [3.8, 4) is 5.69 Å². The van der Waals surface area contributed by atoms with Crippen LogP contribution in [0, 0.1) is 24.7 Å². The van der Waals surface area contributed by atoms with Crippen LogP contribution < -0.4 is 58.5 Å². The summed E-state index contributed by atoms with van der Waals surface area (Å²) >= 11 is 5.79. The fourth-order valence-corrected chi connectivity index (χ4v) is 18.2. The molecule has 4 fully saturated rings. The van der Waals surface area contributed by atoms with Gasteiger partial charge >= 0.3 is 36.3 Å². The molecular formula is C104H132N28O10S4. The predicted molar refractivity (Wildman–Crippen MR) is 574 cm³/mol. The molecule has 0 bridgehead atoms. The minimum atomic E-state index is -0.524. The quantitative estimate of drug-likeness (QED) is 0.0182. The third-order valence-electron chi connectivity index (χ3n) is 23.8. The van der Waals surface area contributed by atoms with E-state index in [1.165, 1.54) is 71.0 Å². The molecule has 3 saturated carbocycles. The highest BCUT2D eigenvalue weighted by atomic mass is 32.1. The normalized spacial score (nSPS) is 13.4. The summed E-state index contributed by atoms with van der Waals surface area (Å²) in [5.41, 5.74) is 10.4. The maximum atomic E-state index is 12.9. The second-order valence-corrected chi connectivity index (χ2v) is 45.1. The van der Waals surface area contributed by atoms with Crippen molar-refractivity contribution < 1.29 is 47.8 Å². The first-order valence-electron chi connectivity index (χ1n) is 49.4. The maximum absolute atomic E-state index is 12.9. The van der Waals surface area contributed by atoms with Gasteiger partial charge in [-0.3, -0.25) is 62.1 Å². The molecule has 13 heterocycles. The van der Waals surface area contributed by atoms with Gasteiger partial charge in [0.25, 0.3) is 0 Å². The number of urea groups is 4. The lowest BCUT2D eigenvalue weighted by Gasteiger charge is -2.15. The third-order valence-corrected chi connectivity index (χ3v) is 27.7. The van der Waals surface area contributed by atoms with Gasteiger partial charge in [-0.15, -0.1) is 45.3 Å². The second-order valence-electron chi connectivity index (χ2n) is 40.7. The molecule has 12 aromatic heterocycles. The molecule has 17 rings (SSSR count). The molecule has 0 unspecified atom stereocenters. The van der Waals surface area contributed by atoms with E-state index in [1.807, 2.05) is 125 Å². The summed E-state index contributed by atoms with van der Waals surface area (Å²) in [6.45, 7) is 34.6. The van der Waals surface area contributed by atoms with Crippen molar-refractivity contribution in [2.45, 2.75) is 248 Å². The SMILES string of the molecule is CC(C)(C)c1cc(NC(=O)Nc2ncc(CCc3ccnc(NC(=O)C4CC4)c3)s2)n(CC2CC2)n1.CCOC(=O)Nc1cc(CCc2cnc(NC(=O)Cc3cc(C(C)(C)C)nn3C)s2)ccn1.CCOC(=O)Nc1cc(CCc2cnc(NC(=O)Nc3cc(C(C)(C)C)nn3CC3CC3)s2)ccn1.Cc1ccc(-n2nc(C(C)(C)C)cc2NC(=O)Nc2ncc(CCc3ccnc(NC(=O)N4CCCC4)c3)s2)cc1. The van der Waals surface area contributed by atoms with Gasteiger partial charge in [0.05, 0.1) is 48.1 Å². The van der Waals surface area contributed by atoms with Gasteiger partial charge in [0.2, 0.25) is 11.8 Å². The summed E-state index contributed by atoms with van der Waals surface area (Å²) in [5, 5.41) is 52.3. The summed E-state index contributed by atoms with van der Waals surface area (Å²) in [4.78, 5) is 139. The number of aromatic nitrogens is 16. The molecule has 13 aromatic rings. The fraction of sp³-hybridized carbons (Fsp3) is 0.442. The Balaban J connectivity index is 0.000000154. The minimum Gasteiger partial charge on any atom is -0.450 e. The molecule has 3 aliphatic carbocycles. The molecule has 772 valence electrons. The van der Waals surface area contributed by atoms with E-state index in [0.717, 1.165) is 185 Å². The van der Waals surface area contributed by atoms with Crippen LogP contribution in [0.25, 0.3) is 5.69 Å². The van der Waals surface area contributed by atoms with E-state index in [9.17, 15) is 38.4 Å². The number of hydrogen-bond donors (Lipinski definition) is 11. The van der Waals surface area contributed by atoms with Crippen LogP contribution in [0.5, 0.6) is 0 Å². The Labute approximate surface area is 866 Å². The van der Waals surface area contributed by atoms with Crippen LogP contribution in [0.15, 0.2) is 147 Å². The van der Waals surface area contributed by atoms with E-state index in [-0.39, 0.29) is 69.9 Å². The summed E-state index contributed by atoms with van der Waals surface area (Å²) < 4.78 is 17.1. The number of carbonyl (C=O) groups is 8. The van der Waals surface area contributed by atoms with Crippen LogP contribution in [-0.4, -0.2) is 158 Å². The number of pyridine rings is 4. The van der Waals surface area contributed by atoms with Gasteiger partial charge in [-0.2, -0.15) is 20.4 Å². The monoisotopic (exact) mass is 2060 g/mol. The molecule has 1 aliphatic heterocycles. The van der Waals surface area contributed by atoms with Gasteiger partial charge < -0.3 is 25.0 Å². The van der Waals surface area contributed by atoms with Crippen LogP contribution >= 0.6 is 45.3 Å². The number of anilines is 11. The zero-order valence-corrected chi connectivity index (χ0v) is 88.9. The number of carbonyl (C=O) groups excluding carboxylic acids is 8. The number of aryl methyl sites for hydroxylation is 10. The van der Waals surface area contributed by atoms with Crippen molar-refractivity contribution >= 4 is 155 Å². The Kier molecular flexibility index (Phi) is 36.1. The first kappa shape index (κ1) is 107. The van der Waals surface area contributed by atoms with Gasteiger partial charge in [0.15, 0.2) is 20.5 Å². The molecule has 1 saturated heterocycles. The molecular weight excluding hydrogens is 1930 g/mol. The Hall–Kier alpha value is -14.3. The first-order valence-corrected chi connectivity index (χ1v) is 52.7. The molecule has 4 aliphatic rings. The highest BCUT2D eigenvalue weighted by Crippen LogP contribution is 2.38. The van der Waals surface area contributed by atoms with Crippen LogP contribution in [0.3, 0.4) is 0 Å². The lowest BCUT2D eigenvalue weighted by atomic mass is 9.92. The van der Waals surface area contributed by atoms with Crippen molar-refractivity contribution in [2.75, 3.05) is 84.8 Å². The summed E-state index contributed by atoms with van der Waals surface area (Å²) in [6, 6.07) is 29.9. The lowest BCUT2D eigenvalue weighted by molar-refractivity contribution is -0.117. The number of amides is 12. The Morgan fingerprint density at radius 1 is 0.384 bits per heavy atom. The zero-order chi connectivity index (χ0) is 104. The van der Waals surface area contributed by atoms with Gasteiger partial charge in [-0.25, -0.2) is 82.7 Å². The van der Waals surface area contributed by atoms with Gasteiger partial charge in [-0.05, 0) is 224 Å². The van der Waals surface area contributed by atoms with E-state index >= 15 is 0 Å². The molecule has 0 spiro atoms. The van der Waals surface area contributed by atoms with Crippen LogP contribution in [0.1, 0.15) is 224 Å². The van der Waals surface area contributed by atoms with Crippen LogP contribution in [-0.2, 0) is 119 Å². The van der Waals surface area contributed by atoms with Crippen LogP contribution in [0.4, 0.5) is 90.0 Å². The third kappa shape index (κ3) is 33.4. The summed E-state index contributed by atoms with van der Waals surface area (Å²) in [5.74, 6) is 5.42. The van der Waals surface area contributed by atoms with Crippen molar-refractivity contribution in [2.24, 2.45) is 24.8 Å². The number of nitrogens with one attached hydrogen (secondary N) is 11. The standard InChI is InChI=1S/C30H36N8O2S.C26H33N7O2S.C25H33N7O3S.C23H30N6O3S/c1-20-7-10-22(11-8-20)38-26(18-24(36-38)30(2,3)4)34-27(39)35-28-32-19-23(41-28)12-9-21-13-14-31-25(17-21)33-29(40)37-15-5-6-16-37;1-26(2,3)20-13-22(33(32-20)15-17-4-5-17)30-24(35)31-25-28-14-19(36-25)9-6-16-10-11-27-21(12-16)29-23(34)18-7-8-18;1-5-35-24(34)28-20-12-16(10-11-26-20)8-9-18-14-27-23(36-18)30-22(33)29-21-13-19(25(2,3)4)31-32(21)15-17-6-7-17;1-6-32-22(31)26-19-11-15(9-10-24-19)7-8-17-14-25-21(33-17)27-20(30)13-16-12-18(23(2,3)4)28-29(16)5/h7-8,10-11,13-14,17-19H,5-6,9,12,15-16H2,1-4H3,(H,31,33,40)(H2,32,34,35,39);10-14,17-18H,4-9,15H2,1-3H3,(H,27,29,34)(H2,28,30,31,35);10-14,17H,5-9,15H2,1-4H3,(H,26,28,34)(H2,27,29,30,33);9-12,14H,6-8,13H2,1-5H3,(H,24,26,31)(H,25,27,30). The molecule has 146 heavy (non-hydrogen) atoms. The molecule has 1 aromatic carbocycles. The number of rotatable bonds is 33. The molecule has 42 heteroatoms. The van der Waals surface area contributed by atoms with E-state index in [4.69, 9.17) is 24.8 Å². The second kappa shape index (κ2) is 49.1. The lowest BCUT2D eigenvalue weighted by Crippen LogP contribution is -2.32. The smallest absolute Gasteiger partial charge is 0.412 e. The van der Waals surface area contributed by atoms with Crippen molar-refractivity contribution in [3.05, 3.63) is 222 Å². The largest absolute Gasteiger partial charge is 0.450 e. The number of benzene rings is 1. The number of ether oxygens (including phenoxy) is 2. The number of thiazole rings is 4. The maximum Gasteiger partial charge on any atom is 0.412 e. The van der Waals surface area contributed by atoms with E-state index in [2.05, 4.69) is 187 Å². The van der Waals surface area contributed by atoms with E-state index in [1.54, 1.807) is 72.8 Å². The van der Waals surface area contributed by atoms with Crippen LogP contribution in [0.2, 0.25) is 0 Å². The van der Waals surface area contributed by atoms with Crippen molar-refractivity contribution in [1.29, 1.82) is 0 Å². The molecule has 11 N–H and O–H groups in total. The van der Waals surface area contributed by atoms with E-state index < -0.39 is 12.2 Å². The Morgan fingerprint density at radius 3 is 1.11 bits per heavy atom. The Morgan fingerprint density at radius 2 is 0.740 bits per heavy atom. The average Bonchev–Trinajstić information content (AvgIpc) is 1.70. The first-order chi connectivity index (χ1) is 69.7. The zero-order valence-electron chi connectivity index (χ0n) is 85.7. The molecule has 0 radical (unpaired) electrons. The van der Waals surface area contributed by atoms with Crippen molar-refractivity contribution in [3.63, 3.8) is 0 Å². The van der Waals surface area contributed by atoms with Gasteiger partial charge in [0.1, 0.15) is 40.7 Å². The molecule has 12 amide bonds. The highest BCUT2D eigenvalue weighted by Gasteiger charge is 2.33. The van der Waals surface area contributed by atoms with Gasteiger partial charge in [0, 0.05) is 154 Å². The fourth-order valence-electron chi connectivity index (χ4n) is 15.0. The Bertz CT molecular complexity index is 6660. The van der Waals surface area contributed by atoms with Gasteiger partial charge in [-0.1, -0.05) is 101 Å². The van der Waals surface area contributed by atoms with Crippen molar-refractivity contribution in [1.82, 2.24) is 83.9 Å². The summed E-state index contributed by atoms with van der Waals surface area (Å²) in [7, 11) is 1.85. The number of nitrogens with zero attached hydrogens (tertiary/aromatic N) is 17. The average molecular weight is 2060 g/mol. The molecule has 38 nitrogen and oxygen atoms in total. The molecule has 0 atom stereocenters. The number of likely N-dealkylation sites (tertiary alicyclic amines) is 1. The number of hydrogen-bond acceptors (Lipinski definition) is 26.